The van der Waals surface area contributed by atoms with E-state index in [0.29, 0.717) is 11.1 Å². The number of hydrogen-bond donors (Lipinski definition) is 0. The average Bonchev–Trinajstić information content (AvgIpc) is 3.28. The fraction of sp³-hybridized carbons (Fsp3) is 0.0455. The number of carbonyl (C=O) groups is 2. The second-order valence-corrected chi connectivity index (χ2v) is 7.36. The molecule has 1 saturated heterocycles. The minimum atomic E-state index is -0.771. The first-order valence-corrected chi connectivity index (χ1v) is 9.56. The predicted octanol–water partition coefficient (Wildman–Crippen LogP) is 5.33. The topological polar surface area (TPSA) is 74.3 Å². The lowest BCUT2D eigenvalue weighted by atomic mass is 10.1. The van der Waals surface area contributed by atoms with Crippen molar-refractivity contribution in [3.8, 4) is 17.4 Å². The van der Waals surface area contributed by atoms with Crippen LogP contribution in [-0.2, 0) is 11.3 Å². The first-order valence-electron chi connectivity index (χ1n) is 8.75. The Kier molecular flexibility index (Phi) is 5.21. The van der Waals surface area contributed by atoms with Gasteiger partial charge in [-0.15, -0.1) is 0 Å². The minimum absolute atomic E-state index is 0.0179. The Hall–Kier alpha value is -3.70. The first-order chi connectivity index (χ1) is 14.5. The number of hydrogen-bond acceptors (Lipinski definition) is 5. The molecule has 1 aliphatic heterocycles. The second kappa shape index (κ2) is 7.97. The molecule has 5 nitrogen and oxygen atoms in total. The summed E-state index contributed by atoms with van der Waals surface area (Å²) >= 11 is 0.751. The normalized spacial score (nSPS) is 15.1. The van der Waals surface area contributed by atoms with Crippen LogP contribution in [-0.4, -0.2) is 16.0 Å². The molecule has 0 saturated carbocycles. The van der Waals surface area contributed by atoms with Crippen molar-refractivity contribution in [1.82, 2.24) is 4.90 Å². The van der Waals surface area contributed by atoms with Gasteiger partial charge in [0.05, 0.1) is 28.6 Å². The molecule has 0 spiro atoms. The fourth-order valence-corrected chi connectivity index (χ4v) is 3.79. The van der Waals surface area contributed by atoms with Crippen LogP contribution in [0.25, 0.3) is 17.4 Å². The summed E-state index contributed by atoms with van der Waals surface area (Å²) in [5.41, 5.74) is 1.03. The number of thioether (sulfide) groups is 1. The smallest absolute Gasteiger partial charge is 0.293 e. The van der Waals surface area contributed by atoms with Crippen molar-refractivity contribution in [2.24, 2.45) is 0 Å². The van der Waals surface area contributed by atoms with Gasteiger partial charge in [0.2, 0.25) is 0 Å². The van der Waals surface area contributed by atoms with E-state index in [1.54, 1.807) is 24.3 Å². The van der Waals surface area contributed by atoms with Crippen molar-refractivity contribution < 1.29 is 22.8 Å². The highest BCUT2D eigenvalue weighted by atomic mass is 32.2. The molecule has 30 heavy (non-hydrogen) atoms. The van der Waals surface area contributed by atoms with Crippen LogP contribution in [0.3, 0.4) is 0 Å². The van der Waals surface area contributed by atoms with Gasteiger partial charge in [0.15, 0.2) is 0 Å². The number of furan rings is 1. The maximum Gasteiger partial charge on any atom is 0.293 e. The predicted molar refractivity (Wildman–Crippen MR) is 107 cm³/mol. The van der Waals surface area contributed by atoms with Crippen LogP contribution in [0, 0.1) is 23.0 Å². The lowest BCUT2D eigenvalue weighted by molar-refractivity contribution is -0.123. The van der Waals surface area contributed by atoms with Gasteiger partial charge >= 0.3 is 0 Å². The molecule has 0 atom stereocenters. The number of imide groups is 1. The zero-order valence-electron chi connectivity index (χ0n) is 15.3. The van der Waals surface area contributed by atoms with E-state index in [4.69, 9.17) is 4.42 Å². The van der Waals surface area contributed by atoms with E-state index in [1.165, 1.54) is 24.3 Å². The van der Waals surface area contributed by atoms with Crippen LogP contribution >= 0.6 is 11.8 Å². The molecular formula is C22H12F2N2O3S. The van der Waals surface area contributed by atoms with E-state index in [9.17, 15) is 23.6 Å². The Labute approximate surface area is 174 Å². The van der Waals surface area contributed by atoms with Crippen molar-refractivity contribution in [2.75, 3.05) is 0 Å². The Bertz CT molecular complexity index is 1240. The number of halogens is 2. The first kappa shape index (κ1) is 19.6. The van der Waals surface area contributed by atoms with Crippen LogP contribution in [0.1, 0.15) is 16.9 Å². The number of nitriles is 1. The number of amides is 2. The van der Waals surface area contributed by atoms with Crippen LogP contribution < -0.4 is 0 Å². The van der Waals surface area contributed by atoms with E-state index in [0.717, 1.165) is 28.8 Å². The van der Waals surface area contributed by atoms with Crippen molar-refractivity contribution in [1.29, 1.82) is 5.26 Å². The largest absolute Gasteiger partial charge is 0.457 e. The maximum absolute atomic E-state index is 13.9. The van der Waals surface area contributed by atoms with Gasteiger partial charge in [-0.2, -0.15) is 5.26 Å². The lowest BCUT2D eigenvalue weighted by Crippen LogP contribution is -2.27. The fourth-order valence-electron chi connectivity index (χ4n) is 2.97. The molecule has 8 heteroatoms. The van der Waals surface area contributed by atoms with E-state index in [1.807, 2.05) is 6.07 Å². The lowest BCUT2D eigenvalue weighted by Gasteiger charge is -2.13. The van der Waals surface area contributed by atoms with Crippen molar-refractivity contribution in [3.05, 3.63) is 88.0 Å². The molecule has 1 aromatic heterocycles. The molecule has 1 fully saturated rings. The number of benzene rings is 2. The highest BCUT2D eigenvalue weighted by Crippen LogP contribution is 2.35. The van der Waals surface area contributed by atoms with E-state index in [-0.39, 0.29) is 28.5 Å². The molecular weight excluding hydrogens is 410 g/mol. The third-order valence-electron chi connectivity index (χ3n) is 4.44. The third kappa shape index (κ3) is 3.75. The Morgan fingerprint density at radius 1 is 1.10 bits per heavy atom. The molecule has 0 N–H and O–H groups in total. The van der Waals surface area contributed by atoms with Crippen LogP contribution in [0.5, 0.6) is 0 Å². The van der Waals surface area contributed by atoms with Crippen molar-refractivity contribution >= 4 is 29.0 Å². The molecule has 2 aromatic carbocycles. The second-order valence-electron chi connectivity index (χ2n) is 6.36. The van der Waals surface area contributed by atoms with Gasteiger partial charge in [-0.05, 0) is 47.7 Å². The number of carbonyl (C=O) groups excluding carboxylic acids is 2. The monoisotopic (exact) mass is 422 g/mol. The van der Waals surface area contributed by atoms with Gasteiger partial charge in [0.25, 0.3) is 11.1 Å². The Morgan fingerprint density at radius 3 is 2.67 bits per heavy atom. The molecule has 0 unspecified atom stereocenters. The number of rotatable bonds is 4. The Balaban J connectivity index is 1.57. The van der Waals surface area contributed by atoms with Gasteiger partial charge in [0, 0.05) is 12.1 Å². The maximum atomic E-state index is 13.9. The van der Waals surface area contributed by atoms with Gasteiger partial charge in [0.1, 0.15) is 23.2 Å². The summed E-state index contributed by atoms with van der Waals surface area (Å²) in [5, 5.41) is 8.72. The van der Waals surface area contributed by atoms with Gasteiger partial charge in [-0.3, -0.25) is 14.5 Å². The average molecular weight is 422 g/mol. The molecule has 2 amide bonds. The zero-order valence-corrected chi connectivity index (χ0v) is 16.1. The highest BCUT2D eigenvalue weighted by molar-refractivity contribution is 8.18. The summed E-state index contributed by atoms with van der Waals surface area (Å²) in [6, 6.07) is 14.9. The summed E-state index contributed by atoms with van der Waals surface area (Å²) in [4.78, 5) is 26.2. The van der Waals surface area contributed by atoms with E-state index >= 15 is 0 Å². The highest BCUT2D eigenvalue weighted by Gasteiger charge is 2.35. The van der Waals surface area contributed by atoms with Gasteiger partial charge in [-0.1, -0.05) is 18.2 Å². The van der Waals surface area contributed by atoms with Crippen molar-refractivity contribution in [2.45, 2.75) is 6.54 Å². The molecule has 4 rings (SSSR count). The van der Waals surface area contributed by atoms with Gasteiger partial charge in [-0.25, -0.2) is 8.78 Å². The molecule has 3 aromatic rings. The Morgan fingerprint density at radius 2 is 1.90 bits per heavy atom. The summed E-state index contributed by atoms with van der Waals surface area (Å²) in [6.45, 7) is -0.0179. The molecule has 2 heterocycles. The van der Waals surface area contributed by atoms with Crippen molar-refractivity contribution in [3.63, 3.8) is 0 Å². The molecule has 0 aliphatic carbocycles. The SMILES string of the molecule is N#Cc1ccccc1CN1C(=O)S/C(=C/c2ccc(-c3ccc(F)cc3F)o2)C1=O. The van der Waals surface area contributed by atoms with E-state index < -0.39 is 22.8 Å². The summed E-state index contributed by atoms with van der Waals surface area (Å²) < 4.78 is 32.6. The standard InChI is InChI=1S/C22H12F2N2O3S/c23-15-5-7-17(18(24)9-15)19-8-6-16(29-19)10-20-21(27)26(22(28)30-20)12-14-4-2-1-3-13(14)11-25/h1-10H,12H2/b20-10+. The molecule has 148 valence electrons. The molecule has 0 radical (unpaired) electrons. The molecule has 1 aliphatic rings. The summed E-state index contributed by atoms with van der Waals surface area (Å²) in [5.74, 6) is -1.57. The van der Waals surface area contributed by atoms with E-state index in [2.05, 4.69) is 0 Å². The quantitative estimate of drug-likeness (QED) is 0.531. The number of nitrogens with zero attached hydrogens (tertiary/aromatic N) is 2. The third-order valence-corrected chi connectivity index (χ3v) is 5.34. The van der Waals surface area contributed by atoms with Crippen LogP contribution in [0.2, 0.25) is 0 Å². The molecule has 0 bridgehead atoms. The summed E-state index contributed by atoms with van der Waals surface area (Å²) in [7, 11) is 0. The van der Waals surface area contributed by atoms with Crippen LogP contribution in [0.15, 0.2) is 63.9 Å². The minimum Gasteiger partial charge on any atom is -0.457 e. The zero-order chi connectivity index (χ0) is 21.3. The summed E-state index contributed by atoms with van der Waals surface area (Å²) in [6.07, 6.45) is 1.39. The van der Waals surface area contributed by atoms with Crippen LogP contribution in [0.4, 0.5) is 13.6 Å². The van der Waals surface area contributed by atoms with Gasteiger partial charge < -0.3 is 4.42 Å².